The minimum absolute atomic E-state index is 0.0556. The summed E-state index contributed by atoms with van der Waals surface area (Å²) in [4.78, 5) is 0. The van der Waals surface area contributed by atoms with Gasteiger partial charge in [-0.25, -0.2) is 0 Å². The predicted molar refractivity (Wildman–Crippen MR) is 65.1 cm³/mol. The molecule has 1 aromatic heterocycles. The van der Waals surface area contributed by atoms with Crippen molar-refractivity contribution in [1.29, 1.82) is 0 Å². The molecule has 4 nitrogen and oxygen atoms in total. The van der Waals surface area contributed by atoms with Crippen LogP contribution < -0.4 is 0 Å². The van der Waals surface area contributed by atoms with Crippen molar-refractivity contribution in [2.45, 2.75) is 51.7 Å². The Bertz CT molecular complexity index is 421. The normalized spacial score (nSPS) is 24.6. The third kappa shape index (κ3) is 2.20. The molecule has 2 rings (SSSR count). The topological polar surface area (TPSA) is 42.8 Å². The average molecular weight is 241 g/mol. The molecule has 1 aromatic rings. The second-order valence-corrected chi connectivity index (χ2v) is 5.31. The van der Waals surface area contributed by atoms with Crippen molar-refractivity contribution in [1.82, 2.24) is 14.8 Å². The zero-order valence-electron chi connectivity index (χ0n) is 10.1. The molecule has 0 aromatic carbocycles. The molecule has 1 fully saturated rings. The Labute approximate surface area is 101 Å². The van der Waals surface area contributed by atoms with Gasteiger partial charge in [0.05, 0.1) is 5.60 Å². The Morgan fingerprint density at radius 1 is 1.62 bits per heavy atom. The third-order valence-electron chi connectivity index (χ3n) is 3.13. The fourth-order valence-corrected chi connectivity index (χ4v) is 2.68. The lowest BCUT2D eigenvalue weighted by Gasteiger charge is -2.36. The molecule has 0 amide bonds. The number of rotatable bonds is 2. The van der Waals surface area contributed by atoms with Crippen molar-refractivity contribution in [3.05, 3.63) is 10.6 Å². The molecule has 2 heterocycles. The SMILES string of the molecule is CCc1n[nH]c(=S)n1C1CCOC(C)(C)C1. The Morgan fingerprint density at radius 3 is 3.00 bits per heavy atom. The Morgan fingerprint density at radius 2 is 2.38 bits per heavy atom. The van der Waals surface area contributed by atoms with Gasteiger partial charge in [0.2, 0.25) is 0 Å². The van der Waals surface area contributed by atoms with E-state index in [1.165, 1.54) is 0 Å². The molecule has 0 saturated carbocycles. The van der Waals surface area contributed by atoms with Gasteiger partial charge in [0, 0.05) is 19.1 Å². The quantitative estimate of drug-likeness (QED) is 0.809. The second kappa shape index (κ2) is 4.30. The van der Waals surface area contributed by atoms with Crippen LogP contribution in [0.25, 0.3) is 0 Å². The Hall–Kier alpha value is -0.680. The number of aryl methyl sites for hydroxylation is 1. The van der Waals surface area contributed by atoms with Gasteiger partial charge in [-0.1, -0.05) is 6.92 Å². The first-order chi connectivity index (χ1) is 7.53. The highest BCUT2D eigenvalue weighted by Crippen LogP contribution is 2.32. The molecule has 90 valence electrons. The van der Waals surface area contributed by atoms with E-state index in [-0.39, 0.29) is 5.60 Å². The van der Waals surface area contributed by atoms with Crippen molar-refractivity contribution in [3.63, 3.8) is 0 Å². The number of hydrogen-bond acceptors (Lipinski definition) is 3. The first-order valence-corrected chi connectivity index (χ1v) is 6.24. The number of ether oxygens (including phenoxy) is 1. The molecule has 1 saturated heterocycles. The molecule has 0 spiro atoms. The van der Waals surface area contributed by atoms with Gasteiger partial charge in [0.1, 0.15) is 5.82 Å². The summed E-state index contributed by atoms with van der Waals surface area (Å²) in [6, 6.07) is 0.421. The molecular weight excluding hydrogens is 222 g/mol. The van der Waals surface area contributed by atoms with Gasteiger partial charge in [0.15, 0.2) is 4.77 Å². The van der Waals surface area contributed by atoms with Crippen LogP contribution in [0.15, 0.2) is 0 Å². The van der Waals surface area contributed by atoms with E-state index in [0.29, 0.717) is 6.04 Å². The Balaban J connectivity index is 2.29. The molecule has 0 bridgehead atoms. The minimum atomic E-state index is -0.0556. The second-order valence-electron chi connectivity index (χ2n) is 4.92. The lowest BCUT2D eigenvalue weighted by Crippen LogP contribution is -2.35. The lowest BCUT2D eigenvalue weighted by molar-refractivity contribution is -0.0696. The first kappa shape index (κ1) is 11.8. The molecule has 0 aliphatic carbocycles. The van der Waals surface area contributed by atoms with Crippen molar-refractivity contribution in [2.75, 3.05) is 6.61 Å². The van der Waals surface area contributed by atoms with Crippen LogP contribution in [0.3, 0.4) is 0 Å². The summed E-state index contributed by atoms with van der Waals surface area (Å²) in [5.74, 6) is 1.05. The van der Waals surface area contributed by atoms with E-state index in [1.54, 1.807) is 0 Å². The number of nitrogens with one attached hydrogen (secondary N) is 1. The van der Waals surface area contributed by atoms with Crippen LogP contribution >= 0.6 is 12.2 Å². The van der Waals surface area contributed by atoms with E-state index < -0.39 is 0 Å². The van der Waals surface area contributed by atoms with E-state index >= 15 is 0 Å². The van der Waals surface area contributed by atoms with Gasteiger partial charge in [-0.05, 0) is 38.9 Å². The highest BCUT2D eigenvalue weighted by Gasteiger charge is 2.31. The Kier molecular flexibility index (Phi) is 3.17. The number of aromatic nitrogens is 3. The monoisotopic (exact) mass is 241 g/mol. The summed E-state index contributed by atoms with van der Waals surface area (Å²) < 4.78 is 8.63. The zero-order valence-corrected chi connectivity index (χ0v) is 10.9. The molecule has 1 aliphatic rings. The molecule has 16 heavy (non-hydrogen) atoms. The van der Waals surface area contributed by atoms with Crippen molar-refractivity contribution >= 4 is 12.2 Å². The fraction of sp³-hybridized carbons (Fsp3) is 0.818. The summed E-state index contributed by atoms with van der Waals surface area (Å²) in [5, 5.41) is 7.15. The van der Waals surface area contributed by atoms with Crippen LogP contribution in [0.1, 0.15) is 45.5 Å². The molecule has 1 N–H and O–H groups in total. The summed E-state index contributed by atoms with van der Waals surface area (Å²) in [7, 11) is 0. The molecule has 0 radical (unpaired) electrons. The fourth-order valence-electron chi connectivity index (χ4n) is 2.38. The lowest BCUT2D eigenvalue weighted by atomic mass is 9.93. The van der Waals surface area contributed by atoms with Gasteiger partial charge in [0.25, 0.3) is 0 Å². The third-order valence-corrected chi connectivity index (χ3v) is 3.42. The van der Waals surface area contributed by atoms with Crippen LogP contribution in [-0.2, 0) is 11.2 Å². The van der Waals surface area contributed by atoms with Gasteiger partial charge < -0.3 is 9.30 Å². The molecule has 1 aliphatic heterocycles. The maximum absolute atomic E-state index is 5.73. The van der Waals surface area contributed by atoms with Gasteiger partial charge >= 0.3 is 0 Å². The highest BCUT2D eigenvalue weighted by atomic mass is 32.1. The number of hydrogen-bond donors (Lipinski definition) is 1. The molecule has 5 heteroatoms. The number of H-pyrrole nitrogens is 1. The van der Waals surface area contributed by atoms with Crippen LogP contribution in [0.4, 0.5) is 0 Å². The van der Waals surface area contributed by atoms with Gasteiger partial charge in [-0.3, -0.25) is 5.10 Å². The predicted octanol–water partition coefficient (Wildman–Crippen LogP) is 2.63. The van der Waals surface area contributed by atoms with Crippen molar-refractivity contribution in [2.24, 2.45) is 0 Å². The largest absolute Gasteiger partial charge is 0.375 e. The van der Waals surface area contributed by atoms with E-state index in [0.717, 1.165) is 36.5 Å². The summed E-state index contributed by atoms with van der Waals surface area (Å²) >= 11 is 5.30. The van der Waals surface area contributed by atoms with Crippen LogP contribution in [0, 0.1) is 4.77 Å². The van der Waals surface area contributed by atoms with Gasteiger partial charge in [-0.15, -0.1) is 0 Å². The summed E-state index contributed by atoms with van der Waals surface area (Å²) in [5.41, 5.74) is -0.0556. The van der Waals surface area contributed by atoms with Crippen LogP contribution in [-0.4, -0.2) is 27.0 Å². The number of nitrogens with zero attached hydrogens (tertiary/aromatic N) is 2. The standard InChI is InChI=1S/C11H19N3OS/c1-4-9-12-13-10(16)14(9)8-5-6-15-11(2,3)7-8/h8H,4-7H2,1-3H3,(H,13,16). The smallest absolute Gasteiger partial charge is 0.195 e. The molecule has 1 unspecified atom stereocenters. The van der Waals surface area contributed by atoms with E-state index in [1.807, 2.05) is 0 Å². The maximum Gasteiger partial charge on any atom is 0.195 e. The van der Waals surface area contributed by atoms with E-state index in [2.05, 4.69) is 35.5 Å². The highest BCUT2D eigenvalue weighted by molar-refractivity contribution is 7.71. The molecule has 1 atom stereocenters. The van der Waals surface area contributed by atoms with Crippen LogP contribution in [0.2, 0.25) is 0 Å². The maximum atomic E-state index is 5.73. The molecular formula is C11H19N3OS. The minimum Gasteiger partial charge on any atom is -0.375 e. The summed E-state index contributed by atoms with van der Waals surface area (Å²) in [6.45, 7) is 7.17. The average Bonchev–Trinajstić information content (AvgIpc) is 2.58. The van der Waals surface area contributed by atoms with Crippen molar-refractivity contribution in [3.8, 4) is 0 Å². The van der Waals surface area contributed by atoms with E-state index in [9.17, 15) is 0 Å². The van der Waals surface area contributed by atoms with Crippen molar-refractivity contribution < 1.29 is 4.74 Å². The summed E-state index contributed by atoms with van der Waals surface area (Å²) in [6.07, 6.45) is 2.92. The van der Waals surface area contributed by atoms with Gasteiger partial charge in [-0.2, -0.15) is 5.10 Å². The zero-order chi connectivity index (χ0) is 11.8. The first-order valence-electron chi connectivity index (χ1n) is 5.83. The van der Waals surface area contributed by atoms with E-state index in [4.69, 9.17) is 17.0 Å². The number of aromatic amines is 1. The van der Waals surface area contributed by atoms with Crippen LogP contribution in [0.5, 0.6) is 0 Å².